The zero-order valence-electron chi connectivity index (χ0n) is 18.0. The van der Waals surface area contributed by atoms with Crippen molar-refractivity contribution in [1.29, 1.82) is 0 Å². The van der Waals surface area contributed by atoms with Crippen LogP contribution in [0.25, 0.3) is 0 Å². The summed E-state index contributed by atoms with van der Waals surface area (Å²) in [4.78, 5) is 12.0. The van der Waals surface area contributed by atoms with Gasteiger partial charge in [0.25, 0.3) is 0 Å². The van der Waals surface area contributed by atoms with Crippen LogP contribution in [0.4, 0.5) is 0 Å². The van der Waals surface area contributed by atoms with Crippen LogP contribution in [0, 0.1) is 28.6 Å². The van der Waals surface area contributed by atoms with Crippen LogP contribution in [0.5, 0.6) is 0 Å². The Hall–Kier alpha value is -0.870. The fourth-order valence-electron chi connectivity index (χ4n) is 5.22. The lowest BCUT2D eigenvalue weighted by atomic mass is 9.52. The second-order valence-electron chi connectivity index (χ2n) is 9.96. The first-order valence-corrected chi connectivity index (χ1v) is 10.8. The summed E-state index contributed by atoms with van der Waals surface area (Å²) >= 11 is 0. The first kappa shape index (κ1) is 22.4. The zero-order chi connectivity index (χ0) is 20.2. The van der Waals surface area contributed by atoms with Crippen LogP contribution in [-0.4, -0.2) is 35.5 Å². The van der Waals surface area contributed by atoms with Gasteiger partial charge < -0.3 is 14.9 Å². The molecule has 0 aliphatic heterocycles. The van der Waals surface area contributed by atoms with E-state index in [2.05, 4.69) is 40.7 Å². The second kappa shape index (κ2) is 9.09. The van der Waals surface area contributed by atoms with Crippen molar-refractivity contribution >= 4 is 5.97 Å². The molecule has 1 saturated carbocycles. The Morgan fingerprint density at radius 3 is 2.56 bits per heavy atom. The van der Waals surface area contributed by atoms with Crippen molar-refractivity contribution in [2.24, 2.45) is 28.6 Å². The average Bonchev–Trinajstić information content (AvgIpc) is 2.61. The maximum atomic E-state index is 12.0. The Labute approximate surface area is 165 Å². The molecule has 27 heavy (non-hydrogen) atoms. The first-order valence-electron chi connectivity index (χ1n) is 10.8. The summed E-state index contributed by atoms with van der Waals surface area (Å²) in [5.74, 6) is 1.27. The summed E-state index contributed by atoms with van der Waals surface area (Å²) in [6, 6.07) is 0. The first-order chi connectivity index (χ1) is 12.6. The Bertz CT molecular complexity index is 534. The molecular formula is C23H40O4. The highest BCUT2D eigenvalue weighted by Gasteiger charge is 2.47. The van der Waals surface area contributed by atoms with Crippen LogP contribution in [0.1, 0.15) is 79.6 Å². The van der Waals surface area contributed by atoms with Crippen LogP contribution in [0.2, 0.25) is 0 Å². The van der Waals surface area contributed by atoms with Crippen molar-refractivity contribution in [3.63, 3.8) is 0 Å². The number of rotatable bonds is 8. The molecule has 0 aromatic carbocycles. The van der Waals surface area contributed by atoms with E-state index in [1.165, 1.54) is 25.7 Å². The lowest BCUT2D eigenvalue weighted by molar-refractivity contribution is -0.154. The third-order valence-corrected chi connectivity index (χ3v) is 7.48. The van der Waals surface area contributed by atoms with E-state index in [0.29, 0.717) is 23.7 Å². The largest absolute Gasteiger partial charge is 0.457 e. The van der Waals surface area contributed by atoms with E-state index in [9.17, 15) is 4.79 Å². The molecule has 0 radical (unpaired) electrons. The van der Waals surface area contributed by atoms with Crippen LogP contribution in [0.3, 0.4) is 0 Å². The quantitative estimate of drug-likeness (QED) is 0.481. The summed E-state index contributed by atoms with van der Waals surface area (Å²) in [5.41, 5.74) is 2.29. The molecule has 0 aromatic heterocycles. The van der Waals surface area contributed by atoms with Gasteiger partial charge in [-0.05, 0) is 67.1 Å². The number of hydrogen-bond acceptors (Lipinski definition) is 4. The molecule has 1 fully saturated rings. The fourth-order valence-corrected chi connectivity index (χ4v) is 5.22. The van der Waals surface area contributed by atoms with Crippen molar-refractivity contribution in [1.82, 2.24) is 0 Å². The number of aliphatic hydroxyl groups is 2. The minimum Gasteiger partial charge on any atom is -0.457 e. The summed E-state index contributed by atoms with van der Waals surface area (Å²) in [7, 11) is 0. The van der Waals surface area contributed by atoms with Crippen molar-refractivity contribution in [3.8, 4) is 0 Å². The van der Waals surface area contributed by atoms with Crippen molar-refractivity contribution < 1.29 is 19.7 Å². The molecule has 2 aliphatic carbocycles. The van der Waals surface area contributed by atoms with Crippen LogP contribution >= 0.6 is 0 Å². The molecule has 4 heteroatoms. The lowest BCUT2D eigenvalue weighted by Crippen LogP contribution is -2.43. The van der Waals surface area contributed by atoms with E-state index < -0.39 is 6.10 Å². The number of ether oxygens (including phenoxy) is 1. The Morgan fingerprint density at radius 1 is 1.26 bits per heavy atom. The topological polar surface area (TPSA) is 66.8 Å². The van der Waals surface area contributed by atoms with Crippen molar-refractivity contribution in [2.45, 2.75) is 85.7 Å². The maximum absolute atomic E-state index is 12.0. The second-order valence-corrected chi connectivity index (χ2v) is 9.96. The van der Waals surface area contributed by atoms with Crippen molar-refractivity contribution in [2.75, 3.05) is 13.2 Å². The number of aliphatic hydroxyl groups excluding tert-OH is 2. The molecule has 0 spiro atoms. The molecule has 0 heterocycles. The Kier molecular flexibility index (Phi) is 7.54. The van der Waals surface area contributed by atoms with Gasteiger partial charge in [0.05, 0.1) is 13.2 Å². The van der Waals surface area contributed by atoms with E-state index in [1.54, 1.807) is 5.57 Å². The maximum Gasteiger partial charge on any atom is 0.306 e. The average molecular weight is 381 g/mol. The number of hydrogen-bond donors (Lipinski definition) is 2. The predicted molar refractivity (Wildman–Crippen MR) is 108 cm³/mol. The number of carbonyl (C=O) groups is 1. The van der Waals surface area contributed by atoms with Gasteiger partial charge in [0.2, 0.25) is 0 Å². The van der Waals surface area contributed by atoms with Crippen LogP contribution < -0.4 is 0 Å². The van der Waals surface area contributed by atoms with E-state index >= 15 is 0 Å². The standard InChI is InChI=1S/C23H40O4/c1-16(13-21(26)27-18(14-24)15-25)10-12-23(5)17(2)8-9-19-20(23)7-6-11-22(19,3)4/h7,16-19,24-25H,6,8-15H2,1-5H3/t16?,17-,19-,23-/m1/s1. The summed E-state index contributed by atoms with van der Waals surface area (Å²) in [5, 5.41) is 18.1. The van der Waals surface area contributed by atoms with Gasteiger partial charge in [0, 0.05) is 6.42 Å². The third-order valence-electron chi connectivity index (χ3n) is 7.48. The lowest BCUT2D eigenvalue weighted by Gasteiger charge is -2.53. The molecule has 4 nitrogen and oxygen atoms in total. The number of carbonyl (C=O) groups excluding carboxylic acids is 1. The molecule has 2 N–H and O–H groups in total. The van der Waals surface area contributed by atoms with Gasteiger partial charge in [-0.3, -0.25) is 4.79 Å². The molecule has 2 rings (SSSR count). The molecular weight excluding hydrogens is 340 g/mol. The Balaban J connectivity index is 1.98. The van der Waals surface area contributed by atoms with Crippen molar-refractivity contribution in [3.05, 3.63) is 11.6 Å². The smallest absolute Gasteiger partial charge is 0.306 e. The number of fused-ring (bicyclic) bond motifs is 1. The van der Waals surface area contributed by atoms with Crippen LogP contribution in [-0.2, 0) is 9.53 Å². The van der Waals surface area contributed by atoms with Gasteiger partial charge in [0.1, 0.15) is 6.10 Å². The van der Waals surface area contributed by atoms with E-state index in [1.807, 2.05) is 0 Å². The third kappa shape index (κ3) is 5.14. The highest BCUT2D eigenvalue weighted by molar-refractivity contribution is 5.69. The molecule has 2 aliphatic rings. The molecule has 0 aromatic rings. The van der Waals surface area contributed by atoms with E-state index in [0.717, 1.165) is 12.8 Å². The van der Waals surface area contributed by atoms with Gasteiger partial charge >= 0.3 is 5.97 Å². The SMILES string of the molecule is CC(CC[C@@]1(C)C2=CCCC(C)(C)[C@@H]2CC[C@H]1C)CC(=O)OC(CO)CO. The van der Waals surface area contributed by atoms with E-state index in [-0.39, 0.29) is 30.5 Å². The monoisotopic (exact) mass is 380 g/mol. The minimum atomic E-state index is -0.795. The highest BCUT2D eigenvalue weighted by Crippen LogP contribution is 2.58. The molecule has 4 atom stereocenters. The molecule has 156 valence electrons. The van der Waals surface area contributed by atoms with E-state index in [4.69, 9.17) is 14.9 Å². The van der Waals surface area contributed by atoms with Gasteiger partial charge in [-0.1, -0.05) is 46.3 Å². The Morgan fingerprint density at radius 2 is 1.93 bits per heavy atom. The van der Waals surface area contributed by atoms with Gasteiger partial charge in [-0.25, -0.2) is 0 Å². The fraction of sp³-hybridized carbons (Fsp3) is 0.870. The minimum absolute atomic E-state index is 0.220. The normalized spacial score (nSPS) is 31.2. The van der Waals surface area contributed by atoms with Gasteiger partial charge in [-0.15, -0.1) is 0 Å². The molecule has 0 bridgehead atoms. The number of esters is 1. The van der Waals surface area contributed by atoms with Gasteiger partial charge in [0.15, 0.2) is 0 Å². The summed E-state index contributed by atoms with van der Waals surface area (Å²) < 4.78 is 5.12. The molecule has 0 amide bonds. The van der Waals surface area contributed by atoms with Crippen LogP contribution in [0.15, 0.2) is 11.6 Å². The summed E-state index contributed by atoms with van der Waals surface area (Å²) in [6.45, 7) is 11.1. The molecule has 1 unspecified atom stereocenters. The van der Waals surface area contributed by atoms with Gasteiger partial charge in [-0.2, -0.15) is 0 Å². The predicted octanol–water partition coefficient (Wildman–Crippen LogP) is 4.49. The molecule has 0 saturated heterocycles. The highest BCUT2D eigenvalue weighted by atomic mass is 16.6. The summed E-state index contributed by atoms with van der Waals surface area (Å²) in [6.07, 6.45) is 9.22. The zero-order valence-corrected chi connectivity index (χ0v) is 18.0. The number of allylic oxidation sites excluding steroid dienone is 2.